The van der Waals surface area contributed by atoms with Gasteiger partial charge in [-0.25, -0.2) is 0 Å². The second-order valence-corrected chi connectivity index (χ2v) is 4.28. The summed E-state index contributed by atoms with van der Waals surface area (Å²) in [6.45, 7) is 5.24. The molecular formula is C14H18N2. The van der Waals surface area contributed by atoms with Gasteiger partial charge in [0.2, 0.25) is 0 Å². The zero-order chi connectivity index (χ0) is 11.4. The first-order valence-electron chi connectivity index (χ1n) is 5.72. The highest BCUT2D eigenvalue weighted by Gasteiger charge is 2.04. The van der Waals surface area contributed by atoms with Crippen molar-refractivity contribution in [2.75, 3.05) is 0 Å². The normalized spacial score (nSPS) is 10.9. The van der Waals surface area contributed by atoms with Gasteiger partial charge in [0, 0.05) is 30.0 Å². The van der Waals surface area contributed by atoms with Gasteiger partial charge in [0.15, 0.2) is 0 Å². The van der Waals surface area contributed by atoms with E-state index in [-0.39, 0.29) is 0 Å². The summed E-state index contributed by atoms with van der Waals surface area (Å²) >= 11 is 0. The Bertz CT molecular complexity index is 430. The molecule has 2 N–H and O–H groups in total. The third-order valence-electron chi connectivity index (χ3n) is 2.61. The summed E-state index contributed by atoms with van der Waals surface area (Å²) in [5.41, 5.74) is 3.79. The molecule has 2 aromatic rings. The molecule has 2 rings (SSSR count). The molecule has 16 heavy (non-hydrogen) atoms. The van der Waals surface area contributed by atoms with E-state index in [0.717, 1.165) is 6.54 Å². The van der Waals surface area contributed by atoms with Gasteiger partial charge < -0.3 is 10.3 Å². The molecular weight excluding hydrogens is 196 g/mol. The van der Waals surface area contributed by atoms with Gasteiger partial charge in [-0.15, -0.1) is 0 Å². The molecule has 0 spiro atoms. The molecule has 0 radical (unpaired) electrons. The van der Waals surface area contributed by atoms with Gasteiger partial charge in [-0.05, 0) is 17.7 Å². The van der Waals surface area contributed by atoms with Crippen LogP contribution in [0.15, 0.2) is 42.6 Å². The minimum Gasteiger partial charge on any atom is -0.361 e. The molecule has 1 heterocycles. The zero-order valence-electron chi connectivity index (χ0n) is 9.83. The van der Waals surface area contributed by atoms with Crippen LogP contribution in [0.4, 0.5) is 0 Å². The summed E-state index contributed by atoms with van der Waals surface area (Å²) in [5.74, 6) is 0. The van der Waals surface area contributed by atoms with Crippen LogP contribution in [0.5, 0.6) is 0 Å². The minimum absolute atomic E-state index is 0.511. The lowest BCUT2D eigenvalue weighted by Gasteiger charge is -2.11. The van der Waals surface area contributed by atoms with E-state index in [2.05, 4.69) is 54.5 Å². The van der Waals surface area contributed by atoms with Gasteiger partial charge in [-0.1, -0.05) is 38.1 Å². The highest BCUT2D eigenvalue weighted by atomic mass is 14.9. The molecule has 0 amide bonds. The number of hydrogen-bond acceptors (Lipinski definition) is 1. The molecule has 0 saturated carbocycles. The molecule has 0 fully saturated rings. The Hall–Kier alpha value is -1.54. The second kappa shape index (κ2) is 4.99. The van der Waals surface area contributed by atoms with Crippen molar-refractivity contribution in [3.05, 3.63) is 48.2 Å². The van der Waals surface area contributed by atoms with Crippen molar-refractivity contribution in [1.82, 2.24) is 10.3 Å². The van der Waals surface area contributed by atoms with Crippen LogP contribution < -0.4 is 5.32 Å². The average molecular weight is 214 g/mol. The predicted octanol–water partition coefficient (Wildman–Crippen LogP) is 3.18. The van der Waals surface area contributed by atoms with E-state index < -0.39 is 0 Å². The topological polar surface area (TPSA) is 27.8 Å². The van der Waals surface area contributed by atoms with Crippen LogP contribution in [-0.4, -0.2) is 11.0 Å². The summed E-state index contributed by atoms with van der Waals surface area (Å²) < 4.78 is 0. The first-order chi connectivity index (χ1) is 7.77. The maximum atomic E-state index is 3.45. The van der Waals surface area contributed by atoms with E-state index in [1.807, 2.05) is 12.3 Å². The molecule has 2 heteroatoms. The minimum atomic E-state index is 0.511. The average Bonchev–Trinajstić information content (AvgIpc) is 2.80. The summed E-state index contributed by atoms with van der Waals surface area (Å²) in [7, 11) is 0. The van der Waals surface area contributed by atoms with Gasteiger partial charge in [0.05, 0.1) is 0 Å². The van der Waals surface area contributed by atoms with Gasteiger partial charge in [-0.2, -0.15) is 0 Å². The number of benzene rings is 1. The summed E-state index contributed by atoms with van der Waals surface area (Å²) in [6, 6.07) is 13.1. The van der Waals surface area contributed by atoms with Crippen LogP contribution in [0, 0.1) is 0 Å². The lowest BCUT2D eigenvalue weighted by Crippen LogP contribution is -2.22. The summed E-state index contributed by atoms with van der Waals surface area (Å²) in [4.78, 5) is 3.25. The van der Waals surface area contributed by atoms with Crippen LogP contribution in [0.1, 0.15) is 19.4 Å². The van der Waals surface area contributed by atoms with E-state index in [0.29, 0.717) is 6.04 Å². The van der Waals surface area contributed by atoms with Crippen molar-refractivity contribution in [2.24, 2.45) is 0 Å². The standard InChI is InChI=1S/C14H18N2/c1-11(2)16-10-12-6-3-4-7-13(12)14-8-5-9-15-14/h3-9,11,15-16H,10H2,1-2H3. The Morgan fingerprint density at radius 1 is 1.12 bits per heavy atom. The van der Waals surface area contributed by atoms with Crippen molar-refractivity contribution in [1.29, 1.82) is 0 Å². The van der Waals surface area contributed by atoms with Crippen molar-refractivity contribution in [3.8, 4) is 11.3 Å². The Balaban J connectivity index is 2.24. The fourth-order valence-electron chi connectivity index (χ4n) is 1.75. The number of nitrogens with one attached hydrogen (secondary N) is 2. The SMILES string of the molecule is CC(C)NCc1ccccc1-c1ccc[nH]1. The first kappa shape index (κ1) is 11.0. The monoisotopic (exact) mass is 214 g/mol. The highest BCUT2D eigenvalue weighted by molar-refractivity contribution is 5.63. The molecule has 1 aromatic carbocycles. The number of aromatic nitrogens is 1. The predicted molar refractivity (Wildman–Crippen MR) is 68.2 cm³/mol. The van der Waals surface area contributed by atoms with Crippen LogP contribution in [-0.2, 0) is 6.54 Å². The summed E-state index contributed by atoms with van der Waals surface area (Å²) in [6.07, 6.45) is 1.96. The molecule has 0 aliphatic carbocycles. The molecule has 84 valence electrons. The largest absolute Gasteiger partial charge is 0.361 e. The van der Waals surface area contributed by atoms with E-state index >= 15 is 0 Å². The number of hydrogen-bond donors (Lipinski definition) is 2. The van der Waals surface area contributed by atoms with Gasteiger partial charge in [0.25, 0.3) is 0 Å². The van der Waals surface area contributed by atoms with E-state index in [1.165, 1.54) is 16.8 Å². The molecule has 0 aliphatic rings. The maximum absolute atomic E-state index is 3.45. The maximum Gasteiger partial charge on any atom is 0.0457 e. The number of H-pyrrole nitrogens is 1. The molecule has 0 unspecified atom stereocenters. The molecule has 0 saturated heterocycles. The van der Waals surface area contributed by atoms with Crippen molar-refractivity contribution < 1.29 is 0 Å². The first-order valence-corrected chi connectivity index (χ1v) is 5.72. The molecule has 0 atom stereocenters. The van der Waals surface area contributed by atoms with E-state index in [4.69, 9.17) is 0 Å². The van der Waals surface area contributed by atoms with Gasteiger partial charge in [0.1, 0.15) is 0 Å². The smallest absolute Gasteiger partial charge is 0.0457 e. The third kappa shape index (κ3) is 2.52. The van der Waals surface area contributed by atoms with Crippen molar-refractivity contribution in [2.45, 2.75) is 26.4 Å². The molecule has 2 nitrogen and oxygen atoms in total. The number of aromatic amines is 1. The van der Waals surface area contributed by atoms with Crippen LogP contribution >= 0.6 is 0 Å². The Morgan fingerprint density at radius 2 is 1.94 bits per heavy atom. The lowest BCUT2D eigenvalue weighted by atomic mass is 10.0. The van der Waals surface area contributed by atoms with Crippen LogP contribution in [0.3, 0.4) is 0 Å². The Kier molecular flexibility index (Phi) is 3.42. The molecule has 0 bridgehead atoms. The Morgan fingerprint density at radius 3 is 2.62 bits per heavy atom. The fraction of sp³-hybridized carbons (Fsp3) is 0.286. The Labute approximate surface area is 96.7 Å². The third-order valence-corrected chi connectivity index (χ3v) is 2.61. The van der Waals surface area contributed by atoms with Gasteiger partial charge >= 0.3 is 0 Å². The molecule has 0 aliphatic heterocycles. The van der Waals surface area contributed by atoms with Crippen LogP contribution in [0.2, 0.25) is 0 Å². The quantitative estimate of drug-likeness (QED) is 0.803. The van der Waals surface area contributed by atoms with E-state index in [9.17, 15) is 0 Å². The van der Waals surface area contributed by atoms with Crippen molar-refractivity contribution in [3.63, 3.8) is 0 Å². The lowest BCUT2D eigenvalue weighted by molar-refractivity contribution is 0.589. The second-order valence-electron chi connectivity index (χ2n) is 4.28. The van der Waals surface area contributed by atoms with Gasteiger partial charge in [-0.3, -0.25) is 0 Å². The van der Waals surface area contributed by atoms with Crippen molar-refractivity contribution >= 4 is 0 Å². The fourth-order valence-corrected chi connectivity index (χ4v) is 1.75. The zero-order valence-corrected chi connectivity index (χ0v) is 9.83. The molecule has 1 aromatic heterocycles. The van der Waals surface area contributed by atoms with E-state index in [1.54, 1.807) is 0 Å². The summed E-state index contributed by atoms with van der Waals surface area (Å²) in [5, 5.41) is 3.45. The number of rotatable bonds is 4. The highest BCUT2D eigenvalue weighted by Crippen LogP contribution is 2.21. The van der Waals surface area contributed by atoms with Crippen LogP contribution in [0.25, 0.3) is 11.3 Å².